The lowest BCUT2D eigenvalue weighted by Crippen LogP contribution is -2.51. The van der Waals surface area contributed by atoms with Crippen molar-refractivity contribution in [2.75, 3.05) is 31.1 Å². The molecule has 0 saturated carbocycles. The Bertz CT molecular complexity index is 734. The first kappa shape index (κ1) is 17.4. The van der Waals surface area contributed by atoms with E-state index in [2.05, 4.69) is 4.98 Å². The molecular weight excluding hydrogens is 331 g/mol. The van der Waals surface area contributed by atoms with Crippen LogP contribution < -0.4 is 4.90 Å². The zero-order valence-electron chi connectivity index (χ0n) is 13.5. The molecule has 1 aromatic carbocycles. The van der Waals surface area contributed by atoms with Gasteiger partial charge in [0.1, 0.15) is 5.69 Å². The summed E-state index contributed by atoms with van der Waals surface area (Å²) in [4.78, 5) is 19.1. The summed E-state index contributed by atoms with van der Waals surface area (Å²) in [5.41, 5.74) is 0.459. The highest BCUT2D eigenvalue weighted by Gasteiger charge is 2.34. The zero-order valence-corrected chi connectivity index (χ0v) is 13.5. The molecule has 4 nitrogen and oxygen atoms in total. The lowest BCUT2D eigenvalue weighted by atomic mass is 10.1. The number of piperazine rings is 1. The highest BCUT2D eigenvalue weighted by atomic mass is 19.4. The van der Waals surface area contributed by atoms with E-state index in [1.54, 1.807) is 0 Å². The molecule has 0 spiro atoms. The Morgan fingerprint density at radius 1 is 1.08 bits per heavy atom. The Labute approximate surface area is 143 Å². The molecule has 2 aromatic rings. The van der Waals surface area contributed by atoms with Crippen molar-refractivity contribution >= 4 is 11.6 Å². The van der Waals surface area contributed by atoms with Crippen LogP contribution in [0.15, 0.2) is 48.7 Å². The number of benzene rings is 1. The number of anilines is 1. The quantitative estimate of drug-likeness (QED) is 0.851. The van der Waals surface area contributed by atoms with E-state index in [9.17, 15) is 18.0 Å². The molecule has 0 bridgehead atoms. The summed E-state index contributed by atoms with van der Waals surface area (Å²) < 4.78 is 38.3. The first-order valence-electron chi connectivity index (χ1n) is 8.03. The van der Waals surface area contributed by atoms with Crippen molar-refractivity contribution in [1.82, 2.24) is 9.88 Å². The molecule has 1 aromatic heterocycles. The van der Waals surface area contributed by atoms with Gasteiger partial charge in [0.15, 0.2) is 0 Å². The maximum atomic E-state index is 12.8. The Balaban J connectivity index is 1.61. The predicted molar refractivity (Wildman–Crippen MR) is 88.2 cm³/mol. The standard InChI is InChI=1S/C18H18F3N3O/c19-18(20,21)16-12-15(6-8-22-16)24-11-10-23(13-17(24)25)9-7-14-4-2-1-3-5-14/h1-6,8,12H,7,9-11,13H2. The SMILES string of the molecule is O=C1CN(CCc2ccccc2)CCN1c1ccnc(C(F)(F)F)c1. The fourth-order valence-electron chi connectivity index (χ4n) is 2.86. The van der Waals surface area contributed by atoms with Gasteiger partial charge >= 0.3 is 6.18 Å². The van der Waals surface area contributed by atoms with Crippen molar-refractivity contribution in [2.45, 2.75) is 12.6 Å². The number of rotatable bonds is 4. The smallest absolute Gasteiger partial charge is 0.310 e. The van der Waals surface area contributed by atoms with Gasteiger partial charge in [0.2, 0.25) is 5.91 Å². The molecule has 1 fully saturated rings. The highest BCUT2D eigenvalue weighted by molar-refractivity contribution is 5.95. The average molecular weight is 349 g/mol. The largest absolute Gasteiger partial charge is 0.433 e. The minimum atomic E-state index is -4.52. The maximum absolute atomic E-state index is 12.8. The van der Waals surface area contributed by atoms with Gasteiger partial charge in [-0.2, -0.15) is 13.2 Å². The maximum Gasteiger partial charge on any atom is 0.433 e. The highest BCUT2D eigenvalue weighted by Crippen LogP contribution is 2.30. The second kappa shape index (κ2) is 7.23. The first-order valence-corrected chi connectivity index (χ1v) is 8.03. The fraction of sp³-hybridized carbons (Fsp3) is 0.333. The summed E-state index contributed by atoms with van der Waals surface area (Å²) in [5.74, 6) is -0.196. The first-order chi connectivity index (χ1) is 11.9. The van der Waals surface area contributed by atoms with Crippen LogP contribution in [0.5, 0.6) is 0 Å². The van der Waals surface area contributed by atoms with E-state index in [1.807, 2.05) is 35.2 Å². The third kappa shape index (κ3) is 4.36. The van der Waals surface area contributed by atoms with E-state index in [0.29, 0.717) is 13.1 Å². The number of halogens is 3. The third-order valence-electron chi connectivity index (χ3n) is 4.20. The van der Waals surface area contributed by atoms with Crippen LogP contribution in [-0.2, 0) is 17.4 Å². The van der Waals surface area contributed by atoms with Crippen LogP contribution in [0.4, 0.5) is 18.9 Å². The monoisotopic (exact) mass is 349 g/mol. The normalized spacial score (nSPS) is 16.3. The zero-order chi connectivity index (χ0) is 17.9. The molecule has 1 amide bonds. The van der Waals surface area contributed by atoms with Crippen molar-refractivity contribution < 1.29 is 18.0 Å². The van der Waals surface area contributed by atoms with E-state index in [4.69, 9.17) is 0 Å². The van der Waals surface area contributed by atoms with Crippen molar-refractivity contribution in [1.29, 1.82) is 0 Å². The molecule has 1 aliphatic rings. The number of amides is 1. The van der Waals surface area contributed by atoms with Gasteiger partial charge in [-0.1, -0.05) is 30.3 Å². The second-order valence-corrected chi connectivity index (χ2v) is 5.95. The van der Waals surface area contributed by atoms with Crippen molar-refractivity contribution in [3.05, 3.63) is 59.9 Å². The Hall–Kier alpha value is -2.41. The fourth-order valence-corrected chi connectivity index (χ4v) is 2.86. The lowest BCUT2D eigenvalue weighted by Gasteiger charge is -2.34. The van der Waals surface area contributed by atoms with Crippen molar-refractivity contribution in [3.63, 3.8) is 0 Å². The molecule has 0 radical (unpaired) electrons. The summed E-state index contributed by atoms with van der Waals surface area (Å²) in [6, 6.07) is 12.3. The van der Waals surface area contributed by atoms with Crippen molar-refractivity contribution in [3.8, 4) is 0 Å². The van der Waals surface area contributed by atoms with Gasteiger partial charge in [-0.25, -0.2) is 0 Å². The van der Waals surface area contributed by atoms with Gasteiger partial charge in [-0.3, -0.25) is 14.7 Å². The number of pyridine rings is 1. The van der Waals surface area contributed by atoms with Crippen LogP contribution in [0, 0.1) is 0 Å². The number of alkyl halides is 3. The Kier molecular flexibility index (Phi) is 5.03. The van der Waals surface area contributed by atoms with Crippen molar-refractivity contribution in [2.24, 2.45) is 0 Å². The minimum Gasteiger partial charge on any atom is -0.310 e. The Morgan fingerprint density at radius 3 is 2.52 bits per heavy atom. The molecule has 25 heavy (non-hydrogen) atoms. The molecule has 0 N–H and O–H groups in total. The second-order valence-electron chi connectivity index (χ2n) is 5.95. The van der Waals surface area contributed by atoms with Gasteiger partial charge in [0, 0.05) is 31.5 Å². The number of nitrogens with zero attached hydrogens (tertiary/aromatic N) is 3. The van der Waals surface area contributed by atoms with E-state index >= 15 is 0 Å². The summed E-state index contributed by atoms with van der Waals surface area (Å²) >= 11 is 0. The summed E-state index contributed by atoms with van der Waals surface area (Å²) in [5, 5.41) is 0. The van der Waals surface area contributed by atoms with Crippen LogP contribution in [0.2, 0.25) is 0 Å². The number of hydrogen-bond acceptors (Lipinski definition) is 3. The average Bonchev–Trinajstić information content (AvgIpc) is 2.60. The van der Waals surface area contributed by atoms with E-state index in [-0.39, 0.29) is 18.1 Å². The molecule has 1 saturated heterocycles. The molecule has 0 atom stereocenters. The van der Waals surface area contributed by atoms with E-state index in [0.717, 1.165) is 25.2 Å². The molecule has 7 heteroatoms. The molecule has 3 rings (SSSR count). The summed E-state index contributed by atoms with van der Waals surface area (Å²) in [6.07, 6.45) is -2.59. The van der Waals surface area contributed by atoms with Gasteiger partial charge in [0.25, 0.3) is 0 Å². The van der Waals surface area contributed by atoms with Crippen LogP contribution in [-0.4, -0.2) is 42.0 Å². The molecule has 0 unspecified atom stereocenters. The molecule has 1 aliphatic heterocycles. The van der Waals surface area contributed by atoms with Crippen LogP contribution in [0.3, 0.4) is 0 Å². The van der Waals surface area contributed by atoms with E-state index in [1.165, 1.54) is 16.5 Å². The van der Waals surface area contributed by atoms with Gasteiger partial charge in [-0.15, -0.1) is 0 Å². The third-order valence-corrected chi connectivity index (χ3v) is 4.20. The Morgan fingerprint density at radius 2 is 1.84 bits per heavy atom. The number of hydrogen-bond donors (Lipinski definition) is 0. The molecule has 0 aliphatic carbocycles. The summed E-state index contributed by atoms with van der Waals surface area (Å²) in [6.45, 7) is 1.95. The molecule has 132 valence electrons. The number of carbonyl (C=O) groups is 1. The van der Waals surface area contributed by atoms with Gasteiger partial charge in [0.05, 0.1) is 6.54 Å². The van der Waals surface area contributed by atoms with Gasteiger partial charge < -0.3 is 4.90 Å². The molecular formula is C18H18F3N3O. The van der Waals surface area contributed by atoms with E-state index < -0.39 is 11.9 Å². The topological polar surface area (TPSA) is 36.4 Å². The summed E-state index contributed by atoms with van der Waals surface area (Å²) in [7, 11) is 0. The number of carbonyl (C=O) groups excluding carboxylic acids is 1. The predicted octanol–water partition coefficient (Wildman–Crippen LogP) is 2.99. The van der Waals surface area contributed by atoms with Crippen LogP contribution in [0.25, 0.3) is 0 Å². The van der Waals surface area contributed by atoms with Crippen LogP contribution in [0.1, 0.15) is 11.3 Å². The minimum absolute atomic E-state index is 0.196. The lowest BCUT2D eigenvalue weighted by molar-refractivity contribution is -0.141. The van der Waals surface area contributed by atoms with Crippen LogP contribution >= 0.6 is 0 Å². The number of aromatic nitrogens is 1. The molecule has 2 heterocycles. The van der Waals surface area contributed by atoms with Gasteiger partial charge in [-0.05, 0) is 24.1 Å².